The summed E-state index contributed by atoms with van der Waals surface area (Å²) in [5.41, 5.74) is 31.5. The van der Waals surface area contributed by atoms with Crippen molar-refractivity contribution in [2.24, 2.45) is 0 Å². The van der Waals surface area contributed by atoms with Crippen LogP contribution in [0.2, 0.25) is 0 Å². The molecule has 0 saturated heterocycles. The van der Waals surface area contributed by atoms with Gasteiger partial charge in [0.05, 0.1) is 0 Å². The average Bonchev–Trinajstić information content (AvgIpc) is 3.99. The van der Waals surface area contributed by atoms with Crippen LogP contribution in [-0.4, -0.2) is 19.9 Å². The van der Waals surface area contributed by atoms with Gasteiger partial charge in [0.15, 0.2) is 0 Å². The molecule has 0 fully saturated rings. The molecule has 5 nitrogen and oxygen atoms in total. The number of rotatable bonds is 4. The first-order chi connectivity index (χ1) is 27.8. The van der Waals surface area contributed by atoms with E-state index in [1.807, 2.05) is 12.1 Å². The van der Waals surface area contributed by atoms with E-state index in [9.17, 15) is 0 Å². The summed E-state index contributed by atoms with van der Waals surface area (Å²) in [6.07, 6.45) is 0. The van der Waals surface area contributed by atoms with E-state index >= 15 is 0 Å². The normalized spacial score (nSPS) is 12.8. The highest BCUT2D eigenvalue weighted by molar-refractivity contribution is 5.87. The number of nitrogen functional groups attached to an aromatic ring is 1. The van der Waals surface area contributed by atoms with Crippen molar-refractivity contribution in [3.8, 4) is 0 Å². The number of anilines is 1. The molecule has 8 aromatic rings. The zero-order valence-electron chi connectivity index (χ0n) is 35.0. The van der Waals surface area contributed by atoms with Gasteiger partial charge >= 0.3 is 0 Å². The van der Waals surface area contributed by atoms with E-state index in [0.717, 1.165) is 77.7 Å². The number of fused-ring (bicyclic) bond motifs is 8. The molecule has 0 atom stereocenters. The molecule has 0 amide bonds. The van der Waals surface area contributed by atoms with Crippen molar-refractivity contribution in [3.05, 3.63) is 226 Å². The average molecular weight is 758 g/mol. The maximum absolute atomic E-state index is 6.25. The van der Waals surface area contributed by atoms with Gasteiger partial charge in [-0.1, -0.05) is 65.2 Å². The fourth-order valence-electron chi connectivity index (χ4n) is 9.82. The molecule has 9 rings (SSSR count). The summed E-state index contributed by atoms with van der Waals surface area (Å²) in [7, 11) is 0. The smallest absolute Gasteiger partial charge is 0.0486 e. The van der Waals surface area contributed by atoms with Gasteiger partial charge in [-0.05, 0) is 179 Å². The predicted octanol–water partition coefficient (Wildman–Crippen LogP) is 8.66. The first kappa shape index (κ1) is 36.9. The van der Waals surface area contributed by atoms with Crippen molar-refractivity contribution >= 4 is 28.0 Å². The summed E-state index contributed by atoms with van der Waals surface area (Å²) in [6.45, 7) is 19.9. The first-order valence-corrected chi connectivity index (χ1v) is 20.2. The second-order valence-electron chi connectivity index (χ2n) is 16.6. The lowest BCUT2D eigenvalue weighted by molar-refractivity contribution is 1.17. The van der Waals surface area contributed by atoms with Gasteiger partial charge in [0, 0.05) is 72.2 Å². The maximum Gasteiger partial charge on any atom is 0.0486 e. The molecule has 5 heteroatoms. The zero-order chi connectivity index (χ0) is 40.6. The van der Waals surface area contributed by atoms with Crippen molar-refractivity contribution in [1.82, 2.24) is 19.9 Å². The van der Waals surface area contributed by atoms with Gasteiger partial charge in [-0.25, -0.2) is 0 Å². The monoisotopic (exact) mass is 757 g/mol. The van der Waals surface area contributed by atoms with Gasteiger partial charge in [-0.2, -0.15) is 0 Å². The van der Waals surface area contributed by atoms with Crippen LogP contribution in [0, 0.1) is 62.3 Å². The van der Waals surface area contributed by atoms with E-state index in [2.05, 4.69) is 179 Å². The minimum absolute atomic E-state index is 0.732. The van der Waals surface area contributed by atoms with Crippen LogP contribution in [-0.2, 0) is 0 Å². The Bertz CT molecular complexity index is 3140. The van der Waals surface area contributed by atoms with Crippen LogP contribution in [0.3, 0.4) is 0 Å². The molecule has 6 N–H and O–H groups in total. The molecule has 0 aliphatic carbocycles. The molecule has 1 aliphatic heterocycles. The topological polar surface area (TPSA) is 89.2 Å². The van der Waals surface area contributed by atoms with E-state index in [4.69, 9.17) is 5.73 Å². The Balaban J connectivity index is 1.48. The number of aryl methyl sites for hydroxylation is 9. The van der Waals surface area contributed by atoms with Gasteiger partial charge in [-0.3, -0.25) is 0 Å². The Morgan fingerprint density at radius 2 is 0.586 bits per heavy atom. The number of H-pyrrole nitrogens is 4. The van der Waals surface area contributed by atoms with Crippen LogP contribution in [0.25, 0.3) is 22.3 Å². The molecule has 1 aliphatic rings. The summed E-state index contributed by atoms with van der Waals surface area (Å²) >= 11 is 0. The Morgan fingerprint density at radius 3 is 0.897 bits per heavy atom. The minimum atomic E-state index is 0.732. The highest BCUT2D eigenvalue weighted by atomic mass is 14.8. The van der Waals surface area contributed by atoms with Gasteiger partial charge in [0.25, 0.3) is 0 Å². The molecular weight excluding hydrogens is 707 g/mol. The molecule has 8 bridgehead atoms. The second kappa shape index (κ2) is 14.0. The Hall–Kier alpha value is -6.72. The Kier molecular flexibility index (Phi) is 8.93. The number of hydrogen-bond acceptors (Lipinski definition) is 1. The van der Waals surface area contributed by atoms with Crippen LogP contribution in [0.4, 0.5) is 5.69 Å². The fraction of sp³-hybridized carbons (Fsp3) is 0.170. The molecule has 0 saturated carbocycles. The molecule has 0 spiro atoms. The first-order valence-electron chi connectivity index (χ1n) is 20.2. The molecular formula is C53H51N5. The highest BCUT2D eigenvalue weighted by Gasteiger charge is 2.22. The predicted molar refractivity (Wildman–Crippen MR) is 241 cm³/mol. The molecule has 0 radical (unpaired) electrons. The molecule has 5 heterocycles. The van der Waals surface area contributed by atoms with E-state index in [0.29, 0.717) is 0 Å². The molecule has 4 aromatic heterocycles. The van der Waals surface area contributed by atoms with Crippen molar-refractivity contribution in [3.63, 3.8) is 0 Å². The Morgan fingerprint density at radius 1 is 0.310 bits per heavy atom. The molecule has 0 unspecified atom stereocenters. The highest BCUT2D eigenvalue weighted by Crippen LogP contribution is 2.33. The third kappa shape index (κ3) is 6.28. The third-order valence-corrected chi connectivity index (χ3v) is 11.9. The van der Waals surface area contributed by atoms with Crippen molar-refractivity contribution in [2.75, 3.05) is 5.73 Å². The molecule has 58 heavy (non-hydrogen) atoms. The van der Waals surface area contributed by atoms with Crippen LogP contribution in [0.5, 0.6) is 0 Å². The SMILES string of the molecule is Cc1cc(C)c(C2=c3ccc([nH]3)=C(c3ccc(N)cc3)c3ccc([nH]3)C(c3c(C)cc(C)cc3C)=c3ccc([nH]3)=C(c3c(C)cc(C)cc3C)c3ccc2[nH]3)c(C)c1. The van der Waals surface area contributed by atoms with Crippen LogP contribution in [0.15, 0.2) is 109 Å². The third-order valence-electron chi connectivity index (χ3n) is 11.9. The van der Waals surface area contributed by atoms with Crippen LogP contribution < -0.4 is 27.1 Å². The molecule has 288 valence electrons. The summed E-state index contributed by atoms with van der Waals surface area (Å²) in [4.78, 5) is 15.9. The van der Waals surface area contributed by atoms with Gasteiger partial charge < -0.3 is 25.7 Å². The number of hydrogen-bond donors (Lipinski definition) is 5. The summed E-state index contributed by atoms with van der Waals surface area (Å²) in [6, 6.07) is 39.9. The standard InChI is InChI=1S/C53H51N5/c1-28-22-31(4)47(32(5)23-28)51-41-16-14-39(55-41)50(37-10-12-38(54)13-11-37)40-15-17-42(56-40)52(48-33(6)24-29(2)25-34(48)7)44-19-21-46(58-44)53(45-20-18-43(51)57-45)49-35(8)26-30(3)27-36(49)9/h10-27,55-58H,54H2,1-9H3. The fourth-order valence-corrected chi connectivity index (χ4v) is 9.82. The number of aromatic amines is 4. The van der Waals surface area contributed by atoms with Crippen molar-refractivity contribution < 1.29 is 0 Å². The van der Waals surface area contributed by atoms with E-state index in [1.54, 1.807) is 0 Å². The Labute approximate surface area is 340 Å². The summed E-state index contributed by atoms with van der Waals surface area (Å²) in [5.74, 6) is 0. The maximum atomic E-state index is 6.25. The van der Waals surface area contributed by atoms with Crippen LogP contribution in [0.1, 0.15) is 95.1 Å². The van der Waals surface area contributed by atoms with Crippen molar-refractivity contribution in [2.45, 2.75) is 62.3 Å². The van der Waals surface area contributed by atoms with Crippen molar-refractivity contribution in [1.29, 1.82) is 0 Å². The number of aromatic nitrogens is 4. The summed E-state index contributed by atoms with van der Waals surface area (Å²) < 4.78 is 0. The quantitative estimate of drug-likeness (QED) is 0.114. The summed E-state index contributed by atoms with van der Waals surface area (Å²) in [5, 5.41) is 4.15. The van der Waals surface area contributed by atoms with Gasteiger partial charge in [-0.15, -0.1) is 0 Å². The van der Waals surface area contributed by atoms with Gasteiger partial charge in [0.1, 0.15) is 0 Å². The van der Waals surface area contributed by atoms with E-state index in [1.165, 1.54) is 66.8 Å². The minimum Gasteiger partial charge on any atom is -0.399 e. The number of nitrogens with two attached hydrogens (primary N) is 1. The second-order valence-corrected chi connectivity index (χ2v) is 16.6. The number of benzene rings is 4. The van der Waals surface area contributed by atoms with E-state index in [-0.39, 0.29) is 0 Å². The lowest BCUT2D eigenvalue weighted by Gasteiger charge is -2.16. The zero-order valence-corrected chi connectivity index (χ0v) is 35.0. The lowest BCUT2D eigenvalue weighted by atomic mass is 9.91. The van der Waals surface area contributed by atoms with E-state index < -0.39 is 0 Å². The largest absolute Gasteiger partial charge is 0.399 e. The number of nitrogens with one attached hydrogen (secondary N) is 4. The van der Waals surface area contributed by atoms with Crippen LogP contribution >= 0.6 is 0 Å². The molecule has 4 aromatic carbocycles. The lowest BCUT2D eigenvalue weighted by Crippen LogP contribution is -2.20. The van der Waals surface area contributed by atoms with Gasteiger partial charge in [0.2, 0.25) is 0 Å².